The molecule has 2 aromatic heterocycles. The van der Waals surface area contributed by atoms with Crippen molar-refractivity contribution in [2.24, 2.45) is 0 Å². The smallest absolute Gasteiger partial charge is 0.210 e. The normalized spacial score (nSPS) is 13.1. The van der Waals surface area contributed by atoms with Crippen molar-refractivity contribution >= 4 is 174 Å². The van der Waals surface area contributed by atoms with Gasteiger partial charge in [-0.05, 0) is 0 Å². The van der Waals surface area contributed by atoms with Crippen LogP contribution in [-0.2, 0) is 19.5 Å². The Kier molecular flexibility index (Phi) is 13.3. The van der Waals surface area contributed by atoms with Crippen LogP contribution >= 0.6 is 174 Å². The maximum Gasteiger partial charge on any atom is 0.250 e. The third kappa shape index (κ3) is 11.2. The van der Waals surface area contributed by atoms with Gasteiger partial charge in [0.1, 0.15) is 0 Å². The van der Waals surface area contributed by atoms with E-state index in [-0.39, 0.29) is 40.8 Å². The SMILES string of the molecule is ClC(Cl)(Cl)c1nc(-c2ccccc2)nc(C(Cl)(Cl)Cl)n1.ClCC(Cl)(Cl)c1nc(C(Cl)(Cl)Cl)nc(C(Cl)(Cl)Cl)n1. The molecule has 0 N–H and O–H groups in total. The van der Waals surface area contributed by atoms with Gasteiger partial charge in [0.25, 0.3) is 0 Å². The van der Waals surface area contributed by atoms with Crippen LogP contribution in [0.1, 0.15) is 29.1 Å². The van der Waals surface area contributed by atoms with Gasteiger partial charge in [0.05, 0.1) is 5.88 Å². The van der Waals surface area contributed by atoms with Gasteiger partial charge in [0.15, 0.2) is 39.3 Å². The van der Waals surface area contributed by atoms with Gasteiger partial charge in [-0.25, -0.2) is 29.9 Å². The van der Waals surface area contributed by atoms with Crippen molar-refractivity contribution in [3.05, 3.63) is 59.5 Å². The highest BCUT2D eigenvalue weighted by molar-refractivity contribution is 6.68. The van der Waals surface area contributed by atoms with Crippen molar-refractivity contribution in [1.29, 1.82) is 0 Å². The van der Waals surface area contributed by atoms with Crippen molar-refractivity contribution in [3.63, 3.8) is 0 Å². The van der Waals surface area contributed by atoms with Crippen LogP contribution in [0.2, 0.25) is 0 Å². The minimum absolute atomic E-state index is 0.113. The summed E-state index contributed by atoms with van der Waals surface area (Å²) in [5.74, 6) is -0.986. The summed E-state index contributed by atoms with van der Waals surface area (Å²) in [5.41, 5.74) is 0.681. The van der Waals surface area contributed by atoms with Crippen LogP contribution in [0.25, 0.3) is 11.4 Å². The predicted octanol–water partition coefficient (Wildman–Crippen LogP) is 10.6. The van der Waals surface area contributed by atoms with E-state index in [0.717, 1.165) is 0 Å². The molecule has 0 aliphatic heterocycles. The Bertz CT molecular complexity index is 1200. The molecule has 3 aromatic rings. The van der Waals surface area contributed by atoms with Crippen LogP contribution in [0.4, 0.5) is 0 Å². The lowest BCUT2D eigenvalue weighted by Crippen LogP contribution is -2.24. The fraction of sp³-hybridized carbons (Fsp3) is 0.333. The van der Waals surface area contributed by atoms with E-state index in [1.807, 2.05) is 18.2 Å². The van der Waals surface area contributed by atoms with Gasteiger partial charge in [-0.15, -0.1) is 11.6 Å². The van der Waals surface area contributed by atoms with E-state index in [1.165, 1.54) is 0 Å². The first kappa shape index (κ1) is 36.8. The van der Waals surface area contributed by atoms with Gasteiger partial charge in [0, 0.05) is 5.56 Å². The molecule has 6 nitrogen and oxygen atoms in total. The van der Waals surface area contributed by atoms with Crippen molar-refractivity contribution in [2.45, 2.75) is 19.5 Å². The standard InChI is InChI=1S/C11H5Cl6N3.C7H2Cl9N3/c12-10(13,14)8-18-7(6-4-2-1-3-5-6)19-9(20-8)11(15,16)17;8-1-5(9,10)2-17-3(6(11,12)13)19-4(18-2)7(14,15)16/h1-5H;1H2. The number of halogens is 15. The van der Waals surface area contributed by atoms with Crippen LogP contribution in [0.5, 0.6) is 0 Å². The van der Waals surface area contributed by atoms with Crippen molar-refractivity contribution in [3.8, 4) is 11.4 Å². The molecule has 0 saturated carbocycles. The lowest BCUT2D eigenvalue weighted by molar-refractivity contribution is 0.748. The molecular formula is C18H7Cl15N6. The Morgan fingerprint density at radius 1 is 0.436 bits per heavy atom. The van der Waals surface area contributed by atoms with E-state index in [2.05, 4.69) is 29.9 Å². The summed E-state index contributed by atoms with van der Waals surface area (Å²) in [6.45, 7) is 0. The summed E-state index contributed by atoms with van der Waals surface area (Å²) in [4.78, 5) is 23.5. The minimum atomic E-state index is -1.97. The van der Waals surface area contributed by atoms with E-state index in [0.29, 0.717) is 5.56 Å². The summed E-state index contributed by atoms with van der Waals surface area (Å²) < 4.78 is -9.30. The summed E-state index contributed by atoms with van der Waals surface area (Å²) in [7, 11) is 0. The minimum Gasteiger partial charge on any atom is -0.210 e. The fourth-order valence-electron chi connectivity index (χ4n) is 2.20. The van der Waals surface area contributed by atoms with Gasteiger partial charge in [-0.2, -0.15) is 0 Å². The maximum absolute atomic E-state index is 5.91. The van der Waals surface area contributed by atoms with Crippen LogP contribution in [0.3, 0.4) is 0 Å². The third-order valence-corrected chi connectivity index (χ3v) is 7.12. The van der Waals surface area contributed by atoms with Gasteiger partial charge in [-0.1, -0.05) is 193 Å². The number of hydrogen-bond donors (Lipinski definition) is 0. The zero-order chi connectivity index (χ0) is 30.0. The first-order valence-electron chi connectivity index (χ1n) is 9.36. The Labute approximate surface area is 297 Å². The lowest BCUT2D eigenvalue weighted by Gasteiger charge is -2.20. The molecule has 0 unspecified atom stereocenters. The highest BCUT2D eigenvalue weighted by Gasteiger charge is 2.38. The molecule has 0 amide bonds. The van der Waals surface area contributed by atoms with Gasteiger partial charge < -0.3 is 0 Å². The molecule has 39 heavy (non-hydrogen) atoms. The molecule has 21 heteroatoms. The van der Waals surface area contributed by atoms with Gasteiger partial charge in [0.2, 0.25) is 15.2 Å². The fourth-order valence-corrected chi connectivity index (χ4v) is 3.50. The Morgan fingerprint density at radius 2 is 0.744 bits per heavy atom. The predicted molar refractivity (Wildman–Crippen MR) is 166 cm³/mol. The largest absolute Gasteiger partial charge is 0.250 e. The number of rotatable bonds is 3. The molecule has 0 aliphatic carbocycles. The quantitative estimate of drug-likeness (QED) is 0.245. The molecule has 214 valence electrons. The molecule has 0 aliphatic rings. The molecule has 0 radical (unpaired) electrons. The second-order valence-corrected chi connectivity index (χ2v) is 17.7. The molecular weight excluding hydrogens is 832 g/mol. The molecule has 0 atom stereocenters. The van der Waals surface area contributed by atoms with Crippen molar-refractivity contribution in [1.82, 2.24) is 29.9 Å². The molecule has 0 fully saturated rings. The van der Waals surface area contributed by atoms with Gasteiger partial charge in [-0.3, -0.25) is 0 Å². The average molecular weight is 839 g/mol. The van der Waals surface area contributed by atoms with E-state index < -0.39 is 19.5 Å². The average Bonchev–Trinajstić information content (AvgIpc) is 2.82. The van der Waals surface area contributed by atoms with Crippen LogP contribution < -0.4 is 0 Å². The van der Waals surface area contributed by atoms with E-state index in [9.17, 15) is 0 Å². The zero-order valence-corrected chi connectivity index (χ0v) is 29.3. The van der Waals surface area contributed by atoms with Crippen molar-refractivity contribution in [2.75, 3.05) is 5.88 Å². The Hall–Kier alpha value is 1.59. The molecule has 1 aromatic carbocycles. The lowest BCUT2D eigenvalue weighted by atomic mass is 10.2. The summed E-state index contributed by atoms with van der Waals surface area (Å²) in [6.07, 6.45) is 0. The Morgan fingerprint density at radius 3 is 1.05 bits per heavy atom. The van der Waals surface area contributed by atoms with Crippen molar-refractivity contribution < 1.29 is 0 Å². The number of benzene rings is 1. The van der Waals surface area contributed by atoms with E-state index in [1.54, 1.807) is 12.1 Å². The number of alkyl halides is 15. The monoisotopic (exact) mass is 832 g/mol. The summed E-state index contributed by atoms with van der Waals surface area (Å²) in [5, 5.41) is 0. The first-order chi connectivity index (χ1) is 17.6. The molecule has 0 spiro atoms. The third-order valence-electron chi connectivity index (χ3n) is 3.81. The summed E-state index contributed by atoms with van der Waals surface area (Å²) in [6, 6.07) is 9.02. The van der Waals surface area contributed by atoms with Crippen LogP contribution in [-0.4, -0.2) is 35.8 Å². The van der Waals surface area contributed by atoms with E-state index >= 15 is 0 Å². The zero-order valence-electron chi connectivity index (χ0n) is 17.9. The number of aromatic nitrogens is 6. The summed E-state index contributed by atoms with van der Waals surface area (Å²) >= 11 is 86.2. The second-order valence-electron chi connectivity index (χ2n) is 6.81. The Balaban J connectivity index is 0.000000274. The highest BCUT2D eigenvalue weighted by Crippen LogP contribution is 2.43. The van der Waals surface area contributed by atoms with Gasteiger partial charge >= 0.3 is 0 Å². The maximum atomic E-state index is 5.91. The van der Waals surface area contributed by atoms with Crippen LogP contribution in [0, 0.1) is 0 Å². The molecule has 0 bridgehead atoms. The number of nitrogens with zero attached hydrogens (tertiary/aromatic N) is 6. The topological polar surface area (TPSA) is 77.3 Å². The second kappa shape index (κ2) is 14.1. The van der Waals surface area contributed by atoms with E-state index in [4.69, 9.17) is 174 Å². The number of hydrogen-bond acceptors (Lipinski definition) is 6. The molecule has 2 heterocycles. The highest BCUT2D eigenvalue weighted by atomic mass is 35.6. The molecule has 3 rings (SSSR count). The molecule has 0 saturated heterocycles. The van der Waals surface area contributed by atoms with Crippen LogP contribution in [0.15, 0.2) is 30.3 Å². The first-order valence-corrected chi connectivity index (χ1v) is 15.2.